The van der Waals surface area contributed by atoms with E-state index >= 15 is 0 Å². The molecule has 3 N–H and O–H groups in total. The van der Waals surface area contributed by atoms with Crippen LogP contribution in [0.4, 0.5) is 5.69 Å². The number of ether oxygens (including phenoxy) is 2. The van der Waals surface area contributed by atoms with Crippen LogP contribution in [-0.4, -0.2) is 42.8 Å². The van der Waals surface area contributed by atoms with Crippen molar-refractivity contribution in [3.8, 4) is 5.75 Å². The predicted octanol–water partition coefficient (Wildman–Crippen LogP) is 4.68. The van der Waals surface area contributed by atoms with Crippen molar-refractivity contribution >= 4 is 34.8 Å². The number of benzene rings is 2. The summed E-state index contributed by atoms with van der Waals surface area (Å²) in [5.41, 5.74) is 1.64. The van der Waals surface area contributed by atoms with Crippen molar-refractivity contribution in [2.24, 2.45) is 0 Å². The Hall–Kier alpha value is -2.97. The lowest BCUT2D eigenvalue weighted by Gasteiger charge is -2.13. The van der Waals surface area contributed by atoms with Gasteiger partial charge in [-0.05, 0) is 67.9 Å². The van der Waals surface area contributed by atoms with Gasteiger partial charge in [0.25, 0.3) is 11.8 Å². The maximum atomic E-state index is 12.7. The molecule has 3 rings (SSSR count). The number of anilines is 1. The highest BCUT2D eigenvalue weighted by Gasteiger charge is 2.17. The van der Waals surface area contributed by atoms with Gasteiger partial charge in [-0.2, -0.15) is 0 Å². The molecule has 1 aliphatic rings. The van der Waals surface area contributed by atoms with E-state index in [0.29, 0.717) is 35.7 Å². The summed E-state index contributed by atoms with van der Waals surface area (Å²) in [6.07, 6.45) is 6.50. The van der Waals surface area contributed by atoms with Crippen LogP contribution >= 0.6 is 12.2 Å². The van der Waals surface area contributed by atoms with Crippen molar-refractivity contribution in [1.82, 2.24) is 10.6 Å². The van der Waals surface area contributed by atoms with Crippen LogP contribution in [0, 0.1) is 0 Å². The van der Waals surface area contributed by atoms with Gasteiger partial charge in [0.1, 0.15) is 5.75 Å². The summed E-state index contributed by atoms with van der Waals surface area (Å²) >= 11 is 5.30. The molecule has 0 aliphatic carbocycles. The Labute approximate surface area is 206 Å². The largest absolute Gasteiger partial charge is 0.493 e. The topological polar surface area (TPSA) is 88.7 Å². The summed E-state index contributed by atoms with van der Waals surface area (Å²) in [4.78, 5) is 25.1. The molecule has 7 nitrogen and oxygen atoms in total. The van der Waals surface area contributed by atoms with Crippen LogP contribution in [0.2, 0.25) is 0 Å². The standard InChI is InChI=1S/C26H33N3O4S/c1-2-3-4-7-16-33-23-11-6-5-10-22(23)25(31)29-26(34)28-20-14-12-19(13-15-20)24(30)27-18-21-9-8-17-32-21/h5-6,10-15,21H,2-4,7-9,16-18H2,1H3,(H,27,30)(H2,28,29,31,34). The number of hydrogen-bond acceptors (Lipinski definition) is 5. The molecule has 0 radical (unpaired) electrons. The molecular formula is C26H33N3O4S. The normalized spacial score (nSPS) is 14.9. The fourth-order valence-corrected chi connectivity index (χ4v) is 3.85. The molecule has 2 amide bonds. The fourth-order valence-electron chi connectivity index (χ4n) is 3.64. The molecule has 2 aromatic carbocycles. The molecule has 0 saturated carbocycles. The summed E-state index contributed by atoms with van der Waals surface area (Å²) < 4.78 is 11.3. The zero-order valence-corrected chi connectivity index (χ0v) is 20.4. The minimum Gasteiger partial charge on any atom is -0.493 e. The number of rotatable bonds is 11. The molecule has 0 spiro atoms. The minimum atomic E-state index is -0.341. The van der Waals surface area contributed by atoms with Crippen molar-refractivity contribution in [3.05, 3.63) is 59.7 Å². The second-order valence-corrected chi connectivity index (χ2v) is 8.64. The van der Waals surface area contributed by atoms with Crippen molar-refractivity contribution in [2.75, 3.05) is 25.1 Å². The molecule has 2 aromatic rings. The van der Waals surface area contributed by atoms with Gasteiger partial charge in [0.05, 0.1) is 18.3 Å². The first-order valence-corrected chi connectivity index (χ1v) is 12.3. The molecular weight excluding hydrogens is 450 g/mol. The quantitative estimate of drug-likeness (QED) is 0.318. The third-order valence-electron chi connectivity index (χ3n) is 5.53. The summed E-state index contributed by atoms with van der Waals surface area (Å²) in [6.45, 7) is 4.00. The van der Waals surface area contributed by atoms with E-state index in [1.165, 1.54) is 6.42 Å². The van der Waals surface area contributed by atoms with E-state index in [2.05, 4.69) is 22.9 Å². The van der Waals surface area contributed by atoms with Gasteiger partial charge >= 0.3 is 0 Å². The number of nitrogens with one attached hydrogen (secondary N) is 3. The number of carbonyl (C=O) groups excluding carboxylic acids is 2. The Bertz CT molecular complexity index is 959. The van der Waals surface area contributed by atoms with Gasteiger partial charge in [-0.15, -0.1) is 0 Å². The Morgan fingerprint density at radius 1 is 1.06 bits per heavy atom. The van der Waals surface area contributed by atoms with Crippen LogP contribution in [-0.2, 0) is 4.74 Å². The van der Waals surface area contributed by atoms with Gasteiger partial charge in [-0.1, -0.05) is 38.3 Å². The van der Waals surface area contributed by atoms with E-state index in [-0.39, 0.29) is 23.0 Å². The van der Waals surface area contributed by atoms with Crippen LogP contribution in [0.5, 0.6) is 5.75 Å². The molecule has 1 aliphatic heterocycles. The average molecular weight is 484 g/mol. The molecule has 1 unspecified atom stereocenters. The van der Waals surface area contributed by atoms with Gasteiger partial charge in [-0.25, -0.2) is 0 Å². The molecule has 182 valence electrons. The lowest BCUT2D eigenvalue weighted by molar-refractivity contribution is 0.0857. The number of carbonyl (C=O) groups is 2. The summed E-state index contributed by atoms with van der Waals surface area (Å²) in [6, 6.07) is 14.0. The smallest absolute Gasteiger partial charge is 0.261 e. The van der Waals surface area contributed by atoms with E-state index in [1.54, 1.807) is 42.5 Å². The number of unbranched alkanes of at least 4 members (excludes halogenated alkanes) is 3. The molecule has 1 fully saturated rings. The number of hydrogen-bond donors (Lipinski definition) is 3. The third kappa shape index (κ3) is 8.11. The molecule has 1 saturated heterocycles. The molecule has 1 atom stereocenters. The minimum absolute atomic E-state index is 0.0995. The Balaban J connectivity index is 1.47. The van der Waals surface area contributed by atoms with Crippen molar-refractivity contribution in [2.45, 2.75) is 51.6 Å². The first-order valence-electron chi connectivity index (χ1n) is 11.9. The maximum absolute atomic E-state index is 12.7. The van der Waals surface area contributed by atoms with E-state index < -0.39 is 0 Å². The van der Waals surface area contributed by atoms with E-state index in [4.69, 9.17) is 21.7 Å². The molecule has 34 heavy (non-hydrogen) atoms. The Morgan fingerprint density at radius 2 is 1.85 bits per heavy atom. The third-order valence-corrected chi connectivity index (χ3v) is 5.74. The summed E-state index contributed by atoms with van der Waals surface area (Å²) in [5, 5.41) is 8.73. The van der Waals surface area contributed by atoms with Crippen LogP contribution in [0.15, 0.2) is 48.5 Å². The van der Waals surface area contributed by atoms with Crippen molar-refractivity contribution < 1.29 is 19.1 Å². The average Bonchev–Trinajstić information content (AvgIpc) is 3.37. The molecule has 0 aromatic heterocycles. The lowest BCUT2D eigenvalue weighted by atomic mass is 10.2. The highest BCUT2D eigenvalue weighted by Crippen LogP contribution is 2.19. The Kier molecular flexibility index (Phi) is 10.3. The number of para-hydroxylation sites is 1. The lowest BCUT2D eigenvalue weighted by Crippen LogP contribution is -2.34. The van der Waals surface area contributed by atoms with Gasteiger partial charge < -0.3 is 20.1 Å². The van der Waals surface area contributed by atoms with E-state index in [0.717, 1.165) is 38.7 Å². The second kappa shape index (κ2) is 13.7. The van der Waals surface area contributed by atoms with E-state index in [1.807, 2.05) is 6.07 Å². The Morgan fingerprint density at radius 3 is 2.59 bits per heavy atom. The second-order valence-electron chi connectivity index (χ2n) is 8.24. The van der Waals surface area contributed by atoms with Gasteiger partial charge in [0.2, 0.25) is 0 Å². The zero-order chi connectivity index (χ0) is 24.2. The zero-order valence-electron chi connectivity index (χ0n) is 19.6. The summed E-state index contributed by atoms with van der Waals surface area (Å²) in [7, 11) is 0. The highest BCUT2D eigenvalue weighted by atomic mass is 32.1. The van der Waals surface area contributed by atoms with Crippen LogP contribution in [0.1, 0.15) is 66.2 Å². The monoisotopic (exact) mass is 483 g/mol. The van der Waals surface area contributed by atoms with Gasteiger partial charge in [0.15, 0.2) is 5.11 Å². The molecule has 8 heteroatoms. The first kappa shape index (κ1) is 25.6. The number of amides is 2. The highest BCUT2D eigenvalue weighted by molar-refractivity contribution is 7.80. The number of thiocarbonyl (C=S) groups is 1. The van der Waals surface area contributed by atoms with Crippen LogP contribution in [0.3, 0.4) is 0 Å². The van der Waals surface area contributed by atoms with Crippen LogP contribution < -0.4 is 20.7 Å². The predicted molar refractivity (Wildman–Crippen MR) is 138 cm³/mol. The molecule has 1 heterocycles. The van der Waals surface area contributed by atoms with Crippen LogP contribution in [0.25, 0.3) is 0 Å². The summed E-state index contributed by atoms with van der Waals surface area (Å²) in [5.74, 6) is 0.0497. The maximum Gasteiger partial charge on any atom is 0.261 e. The van der Waals surface area contributed by atoms with Gasteiger partial charge in [0, 0.05) is 24.4 Å². The fraction of sp³-hybridized carbons (Fsp3) is 0.423. The first-order chi connectivity index (χ1) is 16.6. The van der Waals surface area contributed by atoms with Crippen molar-refractivity contribution in [3.63, 3.8) is 0 Å². The van der Waals surface area contributed by atoms with E-state index in [9.17, 15) is 9.59 Å². The van der Waals surface area contributed by atoms with Crippen molar-refractivity contribution in [1.29, 1.82) is 0 Å². The SMILES string of the molecule is CCCCCCOc1ccccc1C(=O)NC(=S)Nc1ccc(C(=O)NCC2CCCO2)cc1. The molecule has 0 bridgehead atoms. The van der Waals surface area contributed by atoms with Gasteiger partial charge in [-0.3, -0.25) is 14.9 Å².